The van der Waals surface area contributed by atoms with Crippen LogP contribution in [-0.2, 0) is 9.47 Å². The van der Waals surface area contributed by atoms with Crippen molar-refractivity contribution in [3.05, 3.63) is 47.2 Å². The Kier molecular flexibility index (Phi) is 6.69. The summed E-state index contributed by atoms with van der Waals surface area (Å²) < 4.78 is 11.3. The molecule has 1 unspecified atom stereocenters. The Morgan fingerprint density at radius 3 is 3.05 bits per heavy atom. The van der Waals surface area contributed by atoms with Crippen LogP contribution in [0, 0.1) is 6.08 Å². The molecule has 2 aliphatic rings. The topological polar surface area (TPSA) is 30.5 Å². The maximum absolute atomic E-state index is 6.36. The Bertz CT molecular complexity index is 551. The second-order valence-electron chi connectivity index (χ2n) is 5.21. The number of halogens is 2. The van der Waals surface area contributed by atoms with Crippen LogP contribution in [-0.4, -0.2) is 32.4 Å². The predicted octanol–water partition coefficient (Wildman–Crippen LogP) is 0.213. The molecule has 3 nitrogen and oxygen atoms in total. The number of ether oxygens (including phenoxy) is 2. The fraction of sp³-hybridized carbons (Fsp3) is 0.412. The molecule has 0 saturated carbocycles. The first-order valence-corrected chi connectivity index (χ1v) is 7.76. The Labute approximate surface area is 142 Å². The second-order valence-corrected chi connectivity index (χ2v) is 5.58. The van der Waals surface area contributed by atoms with Gasteiger partial charge in [0.1, 0.15) is 18.2 Å². The highest BCUT2D eigenvalue weighted by molar-refractivity contribution is 6.49. The normalized spacial score (nSPS) is 19.4. The van der Waals surface area contributed by atoms with Crippen molar-refractivity contribution in [2.75, 3.05) is 26.3 Å². The molecule has 22 heavy (non-hydrogen) atoms. The lowest BCUT2D eigenvalue weighted by molar-refractivity contribution is -0.00000609. The SMILES string of the molecule is ClC1=C(OCCNCC2CCCO2)[C+]=Cc2ccccc21.[Cl-]. The average Bonchev–Trinajstić information content (AvgIpc) is 3.03. The first-order valence-electron chi connectivity index (χ1n) is 7.38. The first-order chi connectivity index (χ1) is 10.3. The zero-order valence-corrected chi connectivity index (χ0v) is 13.8. The summed E-state index contributed by atoms with van der Waals surface area (Å²) in [4.78, 5) is 0. The van der Waals surface area contributed by atoms with Crippen molar-refractivity contribution in [1.82, 2.24) is 5.32 Å². The highest BCUT2D eigenvalue weighted by Gasteiger charge is 2.24. The van der Waals surface area contributed by atoms with Crippen molar-refractivity contribution < 1.29 is 21.9 Å². The van der Waals surface area contributed by atoms with Crippen molar-refractivity contribution in [1.29, 1.82) is 0 Å². The summed E-state index contributed by atoms with van der Waals surface area (Å²) in [6.45, 7) is 3.13. The van der Waals surface area contributed by atoms with E-state index >= 15 is 0 Å². The Morgan fingerprint density at radius 1 is 1.36 bits per heavy atom. The number of hydrogen-bond acceptors (Lipinski definition) is 3. The molecule has 1 fully saturated rings. The molecule has 1 heterocycles. The molecule has 0 amide bonds. The van der Waals surface area contributed by atoms with Gasteiger partial charge in [0.15, 0.2) is 0 Å². The van der Waals surface area contributed by atoms with Gasteiger partial charge in [-0.2, -0.15) is 0 Å². The van der Waals surface area contributed by atoms with Gasteiger partial charge < -0.3 is 27.2 Å². The lowest BCUT2D eigenvalue weighted by Crippen LogP contribution is -3.00. The monoisotopic (exact) mass is 339 g/mol. The minimum Gasteiger partial charge on any atom is -1.00 e. The maximum atomic E-state index is 6.36. The Morgan fingerprint density at radius 2 is 2.23 bits per heavy atom. The molecule has 1 N–H and O–H groups in total. The quantitative estimate of drug-likeness (QED) is 0.594. The van der Waals surface area contributed by atoms with Crippen molar-refractivity contribution in [3.8, 4) is 0 Å². The third kappa shape index (κ3) is 4.22. The fourth-order valence-electron chi connectivity index (χ4n) is 2.55. The third-order valence-electron chi connectivity index (χ3n) is 3.68. The molecular formula is C17H19Cl2NO2. The average molecular weight is 340 g/mol. The van der Waals surface area contributed by atoms with Gasteiger partial charge in [-0.3, -0.25) is 0 Å². The van der Waals surface area contributed by atoms with Crippen LogP contribution in [0.2, 0.25) is 0 Å². The van der Waals surface area contributed by atoms with E-state index in [0.29, 0.717) is 23.5 Å². The van der Waals surface area contributed by atoms with Crippen LogP contribution in [0.4, 0.5) is 0 Å². The third-order valence-corrected chi connectivity index (χ3v) is 4.05. The minimum atomic E-state index is 0. The number of nitrogens with one attached hydrogen (secondary N) is 1. The van der Waals surface area contributed by atoms with Crippen molar-refractivity contribution >= 4 is 22.7 Å². The number of allylic oxidation sites excluding steroid dienone is 1. The minimum absolute atomic E-state index is 0. The molecule has 5 heteroatoms. The summed E-state index contributed by atoms with van der Waals surface area (Å²) in [5.41, 5.74) is 2.08. The van der Waals surface area contributed by atoms with Crippen molar-refractivity contribution in [2.45, 2.75) is 18.9 Å². The number of hydrogen-bond donors (Lipinski definition) is 1. The molecule has 0 radical (unpaired) electrons. The highest BCUT2D eigenvalue weighted by Crippen LogP contribution is 2.31. The van der Waals surface area contributed by atoms with Gasteiger partial charge in [0.2, 0.25) is 5.03 Å². The van der Waals surface area contributed by atoms with Gasteiger partial charge in [-0.15, -0.1) is 0 Å². The molecule has 1 atom stereocenters. The summed E-state index contributed by atoms with van der Waals surface area (Å²) in [6.07, 6.45) is 7.70. The lowest BCUT2D eigenvalue weighted by Gasteiger charge is -2.11. The van der Waals surface area contributed by atoms with Crippen LogP contribution in [0.15, 0.2) is 30.0 Å². The standard InChI is InChI=1S/C17H19ClNO2.ClH/c18-17-15-6-2-1-4-13(15)7-8-16(17)21-11-9-19-12-14-5-3-10-20-14;/h1-2,4,6-7,14,19H,3,5,9-12H2;1H/q+1;/p-1. The fourth-order valence-corrected chi connectivity index (χ4v) is 2.83. The van der Waals surface area contributed by atoms with Crippen LogP contribution in [0.3, 0.4) is 0 Å². The van der Waals surface area contributed by atoms with Crippen LogP contribution in [0.1, 0.15) is 24.0 Å². The van der Waals surface area contributed by atoms with E-state index in [-0.39, 0.29) is 12.4 Å². The molecule has 1 aliphatic heterocycles. The van der Waals surface area contributed by atoms with E-state index in [1.165, 1.54) is 6.42 Å². The maximum Gasteiger partial charge on any atom is 0.310 e. The van der Waals surface area contributed by atoms with Crippen LogP contribution in [0.5, 0.6) is 0 Å². The van der Waals surface area contributed by atoms with E-state index in [9.17, 15) is 0 Å². The van der Waals surface area contributed by atoms with Crippen LogP contribution < -0.4 is 17.7 Å². The molecule has 1 aliphatic carbocycles. The van der Waals surface area contributed by atoms with Gasteiger partial charge in [0.25, 0.3) is 0 Å². The van der Waals surface area contributed by atoms with Gasteiger partial charge >= 0.3 is 5.76 Å². The Hall–Kier alpha value is -1.09. The molecule has 118 valence electrons. The summed E-state index contributed by atoms with van der Waals surface area (Å²) >= 11 is 6.36. The summed E-state index contributed by atoms with van der Waals surface area (Å²) in [7, 11) is 0. The van der Waals surface area contributed by atoms with Gasteiger partial charge in [0.05, 0.1) is 17.7 Å². The zero-order chi connectivity index (χ0) is 14.5. The van der Waals surface area contributed by atoms with Crippen LogP contribution >= 0.6 is 11.6 Å². The van der Waals surface area contributed by atoms with Crippen molar-refractivity contribution in [2.24, 2.45) is 0 Å². The number of benzene rings is 1. The summed E-state index contributed by atoms with van der Waals surface area (Å²) in [5, 5.41) is 3.98. The lowest BCUT2D eigenvalue weighted by atomic mass is 10.0. The summed E-state index contributed by atoms with van der Waals surface area (Å²) in [5.74, 6) is 0.620. The highest BCUT2D eigenvalue weighted by atomic mass is 35.5. The van der Waals surface area contributed by atoms with E-state index < -0.39 is 0 Å². The van der Waals surface area contributed by atoms with Gasteiger partial charge in [0, 0.05) is 37.4 Å². The number of fused-ring (bicyclic) bond motifs is 1. The molecule has 1 saturated heterocycles. The van der Waals surface area contributed by atoms with E-state index in [2.05, 4.69) is 11.4 Å². The molecule has 1 aromatic carbocycles. The van der Waals surface area contributed by atoms with Gasteiger partial charge in [-0.05, 0) is 25.0 Å². The first kappa shape index (κ1) is 17.3. The van der Waals surface area contributed by atoms with E-state index in [1.807, 2.05) is 30.3 Å². The van der Waals surface area contributed by atoms with E-state index in [0.717, 1.165) is 37.2 Å². The number of rotatable bonds is 6. The zero-order valence-electron chi connectivity index (χ0n) is 12.3. The molecule has 1 aromatic rings. The smallest absolute Gasteiger partial charge is 0.310 e. The molecule has 0 bridgehead atoms. The molecule has 3 rings (SSSR count). The molecule has 0 aromatic heterocycles. The van der Waals surface area contributed by atoms with E-state index in [4.69, 9.17) is 21.1 Å². The second kappa shape index (κ2) is 8.52. The van der Waals surface area contributed by atoms with Crippen LogP contribution in [0.25, 0.3) is 11.1 Å². The van der Waals surface area contributed by atoms with E-state index in [1.54, 1.807) is 0 Å². The van der Waals surface area contributed by atoms with Gasteiger partial charge in [-0.25, -0.2) is 0 Å². The molecular weight excluding hydrogens is 321 g/mol. The molecule has 0 spiro atoms. The van der Waals surface area contributed by atoms with Gasteiger partial charge in [-0.1, -0.05) is 6.07 Å². The largest absolute Gasteiger partial charge is 1.00 e. The summed E-state index contributed by atoms with van der Waals surface area (Å²) in [6, 6.07) is 7.97. The predicted molar refractivity (Wildman–Crippen MR) is 84.7 cm³/mol. The Balaban J connectivity index is 0.00000176. The van der Waals surface area contributed by atoms with Crippen molar-refractivity contribution in [3.63, 3.8) is 0 Å².